The number of aliphatic hydroxyl groups is 1. The minimum Gasteiger partial charge on any atom is -0.497 e. The van der Waals surface area contributed by atoms with Crippen molar-refractivity contribution in [3.63, 3.8) is 0 Å². The van der Waals surface area contributed by atoms with Crippen LogP contribution in [0.25, 0.3) is 33.6 Å². The highest BCUT2D eigenvalue weighted by Crippen LogP contribution is 2.42. The van der Waals surface area contributed by atoms with Crippen molar-refractivity contribution < 1.29 is 14.3 Å². The van der Waals surface area contributed by atoms with Gasteiger partial charge in [-0.25, -0.2) is 9.97 Å². The molecule has 1 unspecified atom stereocenters. The quantitative estimate of drug-likeness (QED) is 0.521. The van der Waals surface area contributed by atoms with Crippen LogP contribution in [0.3, 0.4) is 0 Å². The lowest BCUT2D eigenvalue weighted by Crippen LogP contribution is -2.16. The zero-order valence-corrected chi connectivity index (χ0v) is 15.7. The van der Waals surface area contributed by atoms with Crippen molar-refractivity contribution >= 4 is 16.9 Å². The third kappa shape index (κ3) is 3.42. The van der Waals surface area contributed by atoms with Crippen molar-refractivity contribution in [1.82, 2.24) is 9.97 Å². The fraction of sp³-hybridized carbons (Fsp3) is 0.182. The van der Waals surface area contributed by atoms with Crippen molar-refractivity contribution in [3.8, 4) is 28.2 Å². The number of nitrogens with one attached hydrogen (secondary N) is 1. The predicted octanol–water partition coefficient (Wildman–Crippen LogP) is 4.36. The molecule has 0 bridgehead atoms. The molecule has 28 heavy (non-hydrogen) atoms. The van der Waals surface area contributed by atoms with Crippen LogP contribution in [0.5, 0.6) is 5.75 Å². The molecule has 0 saturated heterocycles. The number of aromatic nitrogens is 2. The maximum Gasteiger partial charge on any atom is 0.232 e. The summed E-state index contributed by atoms with van der Waals surface area (Å²) >= 11 is 0. The van der Waals surface area contributed by atoms with E-state index in [1.54, 1.807) is 14.0 Å². The van der Waals surface area contributed by atoms with Crippen LogP contribution in [-0.2, 0) is 0 Å². The summed E-state index contributed by atoms with van der Waals surface area (Å²) in [6.45, 7) is 2.10. The van der Waals surface area contributed by atoms with Crippen LogP contribution in [0.4, 0.5) is 5.82 Å². The second-order valence-corrected chi connectivity index (χ2v) is 6.53. The lowest BCUT2D eigenvalue weighted by molar-refractivity contribution is 0.208. The van der Waals surface area contributed by atoms with E-state index >= 15 is 0 Å². The molecule has 0 amide bonds. The Balaban J connectivity index is 1.96. The smallest absolute Gasteiger partial charge is 0.232 e. The first-order chi connectivity index (χ1) is 13.7. The van der Waals surface area contributed by atoms with Crippen molar-refractivity contribution in [2.45, 2.75) is 13.0 Å². The Kier molecular flexibility index (Phi) is 4.95. The Morgan fingerprint density at radius 2 is 1.79 bits per heavy atom. The average molecular weight is 375 g/mol. The van der Waals surface area contributed by atoms with E-state index in [1.165, 1.54) is 6.33 Å². The number of anilines is 1. The highest BCUT2D eigenvalue weighted by atomic mass is 16.5. The number of benzene rings is 2. The molecule has 0 fully saturated rings. The molecule has 6 heteroatoms. The number of methoxy groups -OCH3 is 1. The molecule has 0 aliphatic carbocycles. The van der Waals surface area contributed by atoms with E-state index in [0.29, 0.717) is 18.1 Å². The van der Waals surface area contributed by atoms with Gasteiger partial charge in [-0.1, -0.05) is 42.5 Å². The topological polar surface area (TPSA) is 80.4 Å². The molecule has 4 aromatic rings. The van der Waals surface area contributed by atoms with E-state index in [2.05, 4.69) is 15.3 Å². The molecule has 1 atom stereocenters. The molecular formula is C22H21N3O3. The van der Waals surface area contributed by atoms with Crippen LogP contribution in [-0.4, -0.2) is 34.8 Å². The molecule has 0 aliphatic rings. The van der Waals surface area contributed by atoms with Crippen molar-refractivity contribution in [2.75, 3.05) is 19.0 Å². The number of hydrogen-bond donors (Lipinski definition) is 2. The van der Waals surface area contributed by atoms with Crippen LogP contribution < -0.4 is 10.1 Å². The van der Waals surface area contributed by atoms with Crippen molar-refractivity contribution in [2.24, 2.45) is 0 Å². The number of hydrogen-bond acceptors (Lipinski definition) is 6. The van der Waals surface area contributed by atoms with Crippen molar-refractivity contribution in [1.29, 1.82) is 0 Å². The van der Waals surface area contributed by atoms with E-state index in [9.17, 15) is 5.11 Å². The van der Waals surface area contributed by atoms with Crippen LogP contribution in [0, 0.1) is 0 Å². The summed E-state index contributed by atoms with van der Waals surface area (Å²) in [5, 5.41) is 13.7. The number of fused-ring (bicyclic) bond motifs is 1. The highest BCUT2D eigenvalue weighted by molar-refractivity contribution is 6.05. The van der Waals surface area contributed by atoms with E-state index in [-0.39, 0.29) is 0 Å². The maximum atomic E-state index is 9.67. The summed E-state index contributed by atoms with van der Waals surface area (Å²) in [6.07, 6.45) is 0.956. The molecule has 0 aliphatic heterocycles. The fourth-order valence-corrected chi connectivity index (χ4v) is 3.14. The molecule has 0 saturated carbocycles. The van der Waals surface area contributed by atoms with E-state index in [0.717, 1.165) is 33.6 Å². The first kappa shape index (κ1) is 18.0. The molecule has 142 valence electrons. The lowest BCUT2D eigenvalue weighted by atomic mass is 9.99. The number of rotatable bonds is 6. The number of aliphatic hydroxyl groups excluding tert-OH is 1. The fourth-order valence-electron chi connectivity index (χ4n) is 3.14. The Morgan fingerprint density at radius 1 is 1.04 bits per heavy atom. The standard InChI is InChI=1S/C22H21N3O3/c1-14(26)12-23-21-19-18(15-8-10-17(27-2)11-9-15)20(16-6-4-3-5-7-16)28-22(19)25-13-24-21/h3-11,13-14,26H,12H2,1-2H3,(H,23,24,25). The molecule has 2 N–H and O–H groups in total. The van der Waals surface area contributed by atoms with Crippen LogP contribution >= 0.6 is 0 Å². The van der Waals surface area contributed by atoms with Gasteiger partial charge in [0.05, 0.1) is 18.6 Å². The van der Waals surface area contributed by atoms with Gasteiger partial charge in [0.2, 0.25) is 5.71 Å². The van der Waals surface area contributed by atoms with E-state index in [1.807, 2.05) is 54.6 Å². The summed E-state index contributed by atoms with van der Waals surface area (Å²) in [4.78, 5) is 8.72. The summed E-state index contributed by atoms with van der Waals surface area (Å²) < 4.78 is 11.4. The number of furan rings is 1. The zero-order valence-electron chi connectivity index (χ0n) is 15.7. The third-order valence-electron chi connectivity index (χ3n) is 4.47. The Labute approximate surface area is 162 Å². The predicted molar refractivity (Wildman–Crippen MR) is 109 cm³/mol. The molecule has 0 spiro atoms. The Bertz CT molecular complexity index is 1070. The van der Waals surface area contributed by atoms with Gasteiger partial charge in [-0.3, -0.25) is 0 Å². The third-order valence-corrected chi connectivity index (χ3v) is 4.47. The van der Waals surface area contributed by atoms with Gasteiger partial charge in [0.1, 0.15) is 23.7 Å². The van der Waals surface area contributed by atoms with Crippen molar-refractivity contribution in [3.05, 3.63) is 60.9 Å². The van der Waals surface area contributed by atoms with Crippen LogP contribution in [0.1, 0.15) is 6.92 Å². The zero-order chi connectivity index (χ0) is 19.5. The average Bonchev–Trinajstić information content (AvgIpc) is 3.13. The van der Waals surface area contributed by atoms with Gasteiger partial charge in [0.25, 0.3) is 0 Å². The van der Waals surface area contributed by atoms with Crippen LogP contribution in [0.15, 0.2) is 65.3 Å². The normalized spacial score (nSPS) is 12.1. The highest BCUT2D eigenvalue weighted by Gasteiger charge is 2.22. The lowest BCUT2D eigenvalue weighted by Gasteiger charge is -2.10. The molecule has 0 radical (unpaired) electrons. The minimum absolute atomic E-state index is 0.375. The molecule has 2 aromatic carbocycles. The first-order valence-corrected chi connectivity index (χ1v) is 9.06. The van der Waals surface area contributed by atoms with Gasteiger partial charge in [0.15, 0.2) is 0 Å². The number of ether oxygens (including phenoxy) is 1. The maximum absolute atomic E-state index is 9.67. The monoisotopic (exact) mass is 375 g/mol. The molecular weight excluding hydrogens is 354 g/mol. The summed E-state index contributed by atoms with van der Waals surface area (Å²) in [6, 6.07) is 17.7. The van der Waals surface area contributed by atoms with Gasteiger partial charge in [-0.05, 0) is 24.6 Å². The Hall–Kier alpha value is -3.38. The van der Waals surface area contributed by atoms with Crippen LogP contribution in [0.2, 0.25) is 0 Å². The second-order valence-electron chi connectivity index (χ2n) is 6.53. The van der Waals surface area contributed by atoms with Gasteiger partial charge in [-0.15, -0.1) is 0 Å². The molecule has 4 rings (SSSR count). The first-order valence-electron chi connectivity index (χ1n) is 9.06. The van der Waals surface area contributed by atoms with Gasteiger partial charge >= 0.3 is 0 Å². The molecule has 2 aromatic heterocycles. The molecule has 2 heterocycles. The minimum atomic E-state index is -0.505. The van der Waals surface area contributed by atoms with Gasteiger partial charge in [0, 0.05) is 17.7 Å². The Morgan fingerprint density at radius 3 is 2.46 bits per heavy atom. The van der Waals surface area contributed by atoms with Gasteiger partial charge in [-0.2, -0.15) is 0 Å². The summed E-state index contributed by atoms with van der Waals surface area (Å²) in [5.41, 5.74) is 3.31. The second kappa shape index (κ2) is 7.70. The number of nitrogens with zero attached hydrogens (tertiary/aromatic N) is 2. The van der Waals surface area contributed by atoms with E-state index < -0.39 is 6.10 Å². The SMILES string of the molecule is COc1ccc(-c2c(-c3ccccc3)oc3ncnc(NCC(C)O)c23)cc1. The molecule has 6 nitrogen and oxygen atoms in total. The summed E-state index contributed by atoms with van der Waals surface area (Å²) in [7, 11) is 1.64. The van der Waals surface area contributed by atoms with E-state index in [4.69, 9.17) is 9.15 Å². The van der Waals surface area contributed by atoms with Gasteiger partial charge < -0.3 is 19.6 Å². The largest absolute Gasteiger partial charge is 0.497 e. The summed E-state index contributed by atoms with van der Waals surface area (Å²) in [5.74, 6) is 2.13.